The fourth-order valence-corrected chi connectivity index (χ4v) is 1.63. The third kappa shape index (κ3) is 2.45. The van der Waals surface area contributed by atoms with Crippen molar-refractivity contribution in [3.05, 3.63) is 47.9 Å². The van der Waals surface area contributed by atoms with Crippen molar-refractivity contribution >= 4 is 11.6 Å². The Kier molecular flexibility index (Phi) is 3.52. The number of hydrogen-bond donors (Lipinski definition) is 2. The highest BCUT2D eigenvalue weighted by molar-refractivity contribution is 6.01. The fourth-order valence-electron chi connectivity index (χ4n) is 1.63. The molecule has 0 saturated heterocycles. The van der Waals surface area contributed by atoms with Crippen LogP contribution in [0.2, 0.25) is 0 Å². The summed E-state index contributed by atoms with van der Waals surface area (Å²) in [4.78, 5) is 12.0. The molecule has 1 aromatic heterocycles. The van der Waals surface area contributed by atoms with Crippen molar-refractivity contribution in [1.82, 2.24) is 5.32 Å². The topological polar surface area (TPSA) is 77.5 Å². The van der Waals surface area contributed by atoms with E-state index >= 15 is 0 Å². The molecule has 0 saturated carbocycles. The Balaban J connectivity index is 2.13. The number of anilines is 1. The van der Waals surface area contributed by atoms with E-state index in [1.807, 2.05) is 0 Å². The summed E-state index contributed by atoms with van der Waals surface area (Å²) in [5, 5.41) is 2.72. The van der Waals surface area contributed by atoms with Crippen molar-refractivity contribution in [2.75, 3.05) is 12.8 Å². The Morgan fingerprint density at radius 1 is 1.39 bits per heavy atom. The van der Waals surface area contributed by atoms with Crippen LogP contribution >= 0.6 is 0 Å². The minimum atomic E-state index is -0.290. The smallest absolute Gasteiger partial charge is 0.257 e. The van der Waals surface area contributed by atoms with Gasteiger partial charge < -0.3 is 20.2 Å². The van der Waals surface area contributed by atoms with Gasteiger partial charge in [-0.3, -0.25) is 4.79 Å². The Morgan fingerprint density at radius 3 is 2.89 bits per heavy atom. The average Bonchev–Trinajstić information content (AvgIpc) is 2.88. The molecule has 1 amide bonds. The Morgan fingerprint density at radius 2 is 2.22 bits per heavy atom. The van der Waals surface area contributed by atoms with Crippen LogP contribution < -0.4 is 15.8 Å². The van der Waals surface area contributed by atoms with Crippen LogP contribution in [0.15, 0.2) is 41.0 Å². The van der Waals surface area contributed by atoms with Gasteiger partial charge in [0, 0.05) is 5.69 Å². The number of carbonyl (C=O) groups excluding carboxylic acids is 1. The van der Waals surface area contributed by atoms with E-state index in [0.29, 0.717) is 29.3 Å². The van der Waals surface area contributed by atoms with Crippen molar-refractivity contribution in [3.8, 4) is 5.75 Å². The molecule has 1 heterocycles. The molecule has 2 aromatic rings. The highest BCUT2D eigenvalue weighted by Crippen LogP contribution is 2.23. The molecule has 0 unspecified atom stereocenters. The zero-order chi connectivity index (χ0) is 13.0. The summed E-state index contributed by atoms with van der Waals surface area (Å²) in [6.45, 7) is 0.309. The van der Waals surface area contributed by atoms with Crippen LogP contribution in [-0.4, -0.2) is 13.0 Å². The lowest BCUT2D eigenvalue weighted by Crippen LogP contribution is -2.24. The van der Waals surface area contributed by atoms with Crippen molar-refractivity contribution in [3.63, 3.8) is 0 Å². The summed E-state index contributed by atoms with van der Waals surface area (Å²) in [7, 11) is 1.50. The van der Waals surface area contributed by atoms with Gasteiger partial charge >= 0.3 is 0 Å². The first-order valence-electron chi connectivity index (χ1n) is 5.45. The number of hydrogen-bond acceptors (Lipinski definition) is 4. The van der Waals surface area contributed by atoms with Gasteiger partial charge in [-0.05, 0) is 24.3 Å². The summed E-state index contributed by atoms with van der Waals surface area (Å²) >= 11 is 0. The Hall–Kier alpha value is -2.43. The van der Waals surface area contributed by atoms with Crippen LogP contribution in [-0.2, 0) is 6.54 Å². The van der Waals surface area contributed by atoms with Gasteiger partial charge in [0.2, 0.25) is 0 Å². The molecule has 0 aliphatic rings. The van der Waals surface area contributed by atoms with E-state index in [1.165, 1.54) is 7.11 Å². The van der Waals surface area contributed by atoms with Crippen LogP contribution in [0.25, 0.3) is 0 Å². The average molecular weight is 246 g/mol. The molecular formula is C13H14N2O3. The summed E-state index contributed by atoms with van der Waals surface area (Å²) in [5.74, 6) is 0.838. The number of nitrogens with two attached hydrogens (primary N) is 1. The standard InChI is InChI=1S/C13H14N2O3/c1-17-11-6-2-5-10(14)12(11)13(16)15-8-9-4-3-7-18-9/h2-7H,8,14H2,1H3,(H,15,16). The first-order chi connectivity index (χ1) is 8.72. The molecule has 3 N–H and O–H groups in total. The molecule has 0 fully saturated rings. The number of methoxy groups -OCH3 is 1. The predicted octanol–water partition coefficient (Wildman–Crippen LogP) is 1.80. The molecular weight excluding hydrogens is 232 g/mol. The van der Waals surface area contributed by atoms with Crippen LogP contribution in [0, 0.1) is 0 Å². The second-order valence-electron chi connectivity index (χ2n) is 3.69. The van der Waals surface area contributed by atoms with E-state index in [9.17, 15) is 4.79 Å². The number of nitrogen functional groups attached to an aromatic ring is 1. The molecule has 94 valence electrons. The highest BCUT2D eigenvalue weighted by atomic mass is 16.5. The van der Waals surface area contributed by atoms with Gasteiger partial charge in [0.05, 0.1) is 19.9 Å². The zero-order valence-corrected chi connectivity index (χ0v) is 9.97. The zero-order valence-electron chi connectivity index (χ0n) is 9.97. The van der Waals surface area contributed by atoms with E-state index in [-0.39, 0.29) is 5.91 Å². The molecule has 2 rings (SSSR count). The predicted molar refractivity (Wildman–Crippen MR) is 67.3 cm³/mol. The fraction of sp³-hybridized carbons (Fsp3) is 0.154. The monoisotopic (exact) mass is 246 g/mol. The van der Waals surface area contributed by atoms with Crippen molar-refractivity contribution in [1.29, 1.82) is 0 Å². The lowest BCUT2D eigenvalue weighted by molar-refractivity contribution is 0.0946. The molecule has 5 nitrogen and oxygen atoms in total. The normalized spacial score (nSPS) is 10.1. The molecule has 0 bridgehead atoms. The number of ether oxygens (including phenoxy) is 1. The summed E-state index contributed by atoms with van der Waals surface area (Å²) < 4.78 is 10.2. The lowest BCUT2D eigenvalue weighted by Gasteiger charge is -2.10. The van der Waals surface area contributed by atoms with E-state index in [1.54, 1.807) is 36.6 Å². The number of rotatable bonds is 4. The number of benzene rings is 1. The van der Waals surface area contributed by atoms with Gasteiger partial charge in [-0.15, -0.1) is 0 Å². The number of furan rings is 1. The molecule has 1 aromatic carbocycles. The first kappa shape index (κ1) is 12.0. The molecule has 0 atom stereocenters. The second kappa shape index (κ2) is 5.27. The van der Waals surface area contributed by atoms with Crippen LogP contribution in [0.4, 0.5) is 5.69 Å². The van der Waals surface area contributed by atoms with E-state index in [2.05, 4.69) is 5.32 Å². The lowest BCUT2D eigenvalue weighted by atomic mass is 10.1. The van der Waals surface area contributed by atoms with Gasteiger partial charge in [0.25, 0.3) is 5.91 Å². The first-order valence-corrected chi connectivity index (χ1v) is 5.45. The van der Waals surface area contributed by atoms with E-state index < -0.39 is 0 Å². The van der Waals surface area contributed by atoms with Gasteiger partial charge in [-0.2, -0.15) is 0 Å². The van der Waals surface area contributed by atoms with Gasteiger partial charge in [-0.25, -0.2) is 0 Å². The third-order valence-electron chi connectivity index (χ3n) is 2.51. The van der Waals surface area contributed by atoms with Crippen LogP contribution in [0.1, 0.15) is 16.1 Å². The quantitative estimate of drug-likeness (QED) is 0.806. The maximum absolute atomic E-state index is 12.0. The number of carbonyl (C=O) groups is 1. The Labute approximate surface area is 105 Å². The molecule has 0 aliphatic carbocycles. The van der Waals surface area contributed by atoms with Gasteiger partial charge in [0.15, 0.2) is 0 Å². The van der Waals surface area contributed by atoms with Crippen LogP contribution in [0.3, 0.4) is 0 Å². The molecule has 0 spiro atoms. The highest BCUT2D eigenvalue weighted by Gasteiger charge is 2.15. The largest absolute Gasteiger partial charge is 0.496 e. The van der Waals surface area contributed by atoms with Crippen molar-refractivity contribution < 1.29 is 13.9 Å². The number of amides is 1. The minimum absolute atomic E-state index is 0.290. The van der Waals surface area contributed by atoms with Gasteiger partial charge in [0.1, 0.15) is 17.1 Å². The van der Waals surface area contributed by atoms with Crippen molar-refractivity contribution in [2.24, 2.45) is 0 Å². The SMILES string of the molecule is COc1cccc(N)c1C(=O)NCc1ccco1. The maximum Gasteiger partial charge on any atom is 0.257 e. The van der Waals surface area contributed by atoms with Crippen molar-refractivity contribution in [2.45, 2.75) is 6.54 Å². The third-order valence-corrected chi connectivity index (χ3v) is 2.51. The summed E-state index contributed by atoms with van der Waals surface area (Å²) in [5.41, 5.74) is 6.50. The van der Waals surface area contributed by atoms with Gasteiger partial charge in [-0.1, -0.05) is 6.07 Å². The molecule has 0 aliphatic heterocycles. The molecule has 5 heteroatoms. The number of nitrogens with one attached hydrogen (secondary N) is 1. The van der Waals surface area contributed by atoms with E-state index in [4.69, 9.17) is 14.9 Å². The van der Waals surface area contributed by atoms with E-state index in [0.717, 1.165) is 0 Å². The second-order valence-corrected chi connectivity index (χ2v) is 3.69. The summed E-state index contributed by atoms with van der Waals surface area (Å²) in [6, 6.07) is 8.63. The maximum atomic E-state index is 12.0. The summed E-state index contributed by atoms with van der Waals surface area (Å²) in [6.07, 6.45) is 1.55. The minimum Gasteiger partial charge on any atom is -0.496 e. The molecule has 18 heavy (non-hydrogen) atoms. The Bertz CT molecular complexity index is 535. The molecule has 0 radical (unpaired) electrons. The van der Waals surface area contributed by atoms with Crippen LogP contribution in [0.5, 0.6) is 5.75 Å².